The number of anilines is 2. The van der Waals surface area contributed by atoms with E-state index in [0.717, 1.165) is 22.3 Å². The quantitative estimate of drug-likeness (QED) is 0.626. The molecule has 0 saturated carbocycles. The van der Waals surface area contributed by atoms with Crippen LogP contribution in [-0.4, -0.2) is 14.3 Å². The summed E-state index contributed by atoms with van der Waals surface area (Å²) in [7, 11) is -3.83. The predicted molar refractivity (Wildman–Crippen MR) is 117 cm³/mol. The molecule has 0 aromatic heterocycles. The Bertz CT molecular complexity index is 1180. The summed E-state index contributed by atoms with van der Waals surface area (Å²) >= 11 is 0. The van der Waals surface area contributed by atoms with Crippen molar-refractivity contribution in [2.24, 2.45) is 0 Å². The maximum atomic E-state index is 12.9. The summed E-state index contributed by atoms with van der Waals surface area (Å²) in [4.78, 5) is 12.7. The zero-order valence-corrected chi connectivity index (χ0v) is 17.7. The predicted octanol–water partition coefficient (Wildman–Crippen LogP) is 4.97. The first-order valence-electron chi connectivity index (χ1n) is 9.24. The normalized spacial score (nSPS) is 11.2. The van der Waals surface area contributed by atoms with Crippen molar-refractivity contribution in [1.29, 1.82) is 0 Å². The standard InChI is InChI=1S/C23H24N2O3S/c1-15-8-10-17(3)21(12-15)24-23(26)19-6-5-7-20(14-19)29(27,28)25-22-13-16(2)9-11-18(22)4/h5-14,25H,1-4H3,(H,24,26). The van der Waals surface area contributed by atoms with Gasteiger partial charge in [-0.1, -0.05) is 30.3 Å². The number of rotatable bonds is 5. The largest absolute Gasteiger partial charge is 0.322 e. The lowest BCUT2D eigenvalue weighted by atomic mass is 10.1. The maximum absolute atomic E-state index is 12.9. The first-order chi connectivity index (χ1) is 13.7. The number of sulfonamides is 1. The minimum absolute atomic E-state index is 0.0343. The summed E-state index contributed by atoms with van der Waals surface area (Å²) in [6, 6.07) is 17.4. The summed E-state index contributed by atoms with van der Waals surface area (Å²) in [6.07, 6.45) is 0. The number of hydrogen-bond acceptors (Lipinski definition) is 3. The molecule has 3 aromatic rings. The molecule has 1 amide bonds. The van der Waals surface area contributed by atoms with Crippen LogP contribution in [0.15, 0.2) is 65.6 Å². The van der Waals surface area contributed by atoms with Gasteiger partial charge in [0.15, 0.2) is 0 Å². The van der Waals surface area contributed by atoms with Crippen molar-refractivity contribution >= 4 is 27.3 Å². The number of amides is 1. The molecule has 0 bridgehead atoms. The van der Waals surface area contributed by atoms with Crippen molar-refractivity contribution in [3.05, 3.63) is 88.5 Å². The number of carbonyl (C=O) groups excluding carboxylic acids is 1. The van der Waals surface area contributed by atoms with Gasteiger partial charge in [-0.15, -0.1) is 0 Å². The first kappa shape index (κ1) is 20.6. The molecule has 3 aromatic carbocycles. The summed E-state index contributed by atoms with van der Waals surface area (Å²) in [5.74, 6) is -0.359. The average Bonchev–Trinajstić information content (AvgIpc) is 2.67. The Kier molecular flexibility index (Phi) is 5.75. The van der Waals surface area contributed by atoms with E-state index in [-0.39, 0.29) is 16.4 Å². The van der Waals surface area contributed by atoms with E-state index in [1.807, 2.05) is 58.0 Å². The zero-order chi connectivity index (χ0) is 21.2. The number of carbonyl (C=O) groups is 1. The Morgan fingerprint density at radius 1 is 0.759 bits per heavy atom. The molecule has 0 heterocycles. The lowest BCUT2D eigenvalue weighted by molar-refractivity contribution is 0.102. The van der Waals surface area contributed by atoms with E-state index in [1.165, 1.54) is 12.1 Å². The minimum Gasteiger partial charge on any atom is -0.322 e. The molecule has 0 unspecified atom stereocenters. The van der Waals surface area contributed by atoms with E-state index in [9.17, 15) is 13.2 Å². The van der Waals surface area contributed by atoms with E-state index in [0.29, 0.717) is 11.4 Å². The number of aryl methyl sites for hydroxylation is 4. The highest BCUT2D eigenvalue weighted by Gasteiger charge is 2.18. The van der Waals surface area contributed by atoms with Crippen LogP contribution in [0.25, 0.3) is 0 Å². The molecular weight excluding hydrogens is 384 g/mol. The van der Waals surface area contributed by atoms with Crippen LogP contribution >= 0.6 is 0 Å². The van der Waals surface area contributed by atoms with Gasteiger partial charge in [0.1, 0.15) is 0 Å². The summed E-state index contributed by atoms with van der Waals surface area (Å²) in [5.41, 5.74) is 5.24. The van der Waals surface area contributed by atoms with Gasteiger partial charge in [-0.3, -0.25) is 9.52 Å². The van der Waals surface area contributed by atoms with Crippen molar-refractivity contribution in [3.8, 4) is 0 Å². The molecule has 5 nitrogen and oxygen atoms in total. The third-order valence-electron chi connectivity index (χ3n) is 4.69. The molecule has 29 heavy (non-hydrogen) atoms. The molecule has 0 aliphatic rings. The van der Waals surface area contributed by atoms with Crippen molar-refractivity contribution in [3.63, 3.8) is 0 Å². The smallest absolute Gasteiger partial charge is 0.261 e. The monoisotopic (exact) mass is 408 g/mol. The van der Waals surface area contributed by atoms with Gasteiger partial charge in [0.2, 0.25) is 0 Å². The second-order valence-electron chi connectivity index (χ2n) is 7.22. The molecule has 0 atom stereocenters. The highest BCUT2D eigenvalue weighted by molar-refractivity contribution is 7.92. The fourth-order valence-electron chi connectivity index (χ4n) is 2.92. The molecule has 0 saturated heterocycles. The number of benzene rings is 3. The van der Waals surface area contributed by atoms with Crippen LogP contribution < -0.4 is 10.0 Å². The maximum Gasteiger partial charge on any atom is 0.261 e. The van der Waals surface area contributed by atoms with E-state index in [1.54, 1.807) is 18.2 Å². The lowest BCUT2D eigenvalue weighted by Crippen LogP contribution is -2.16. The highest BCUT2D eigenvalue weighted by Crippen LogP contribution is 2.22. The topological polar surface area (TPSA) is 75.3 Å². The second-order valence-corrected chi connectivity index (χ2v) is 8.91. The summed E-state index contributed by atoms with van der Waals surface area (Å²) in [5, 5.41) is 2.86. The fraction of sp³-hybridized carbons (Fsp3) is 0.174. The lowest BCUT2D eigenvalue weighted by Gasteiger charge is -2.13. The summed E-state index contributed by atoms with van der Waals surface area (Å²) < 4.78 is 28.3. The van der Waals surface area contributed by atoms with Crippen LogP contribution in [0.1, 0.15) is 32.6 Å². The molecule has 0 aliphatic heterocycles. The van der Waals surface area contributed by atoms with Gasteiger partial charge >= 0.3 is 0 Å². The van der Waals surface area contributed by atoms with Crippen molar-refractivity contribution < 1.29 is 13.2 Å². The van der Waals surface area contributed by atoms with Gasteiger partial charge in [-0.2, -0.15) is 0 Å². The van der Waals surface area contributed by atoms with Gasteiger partial charge in [0.25, 0.3) is 15.9 Å². The Balaban J connectivity index is 1.87. The minimum atomic E-state index is -3.83. The Morgan fingerprint density at radius 2 is 1.34 bits per heavy atom. The molecule has 0 fully saturated rings. The van der Waals surface area contributed by atoms with Crippen LogP contribution in [0.4, 0.5) is 11.4 Å². The van der Waals surface area contributed by atoms with Crippen LogP contribution in [-0.2, 0) is 10.0 Å². The van der Waals surface area contributed by atoms with E-state index in [4.69, 9.17) is 0 Å². The van der Waals surface area contributed by atoms with Crippen molar-refractivity contribution in [2.45, 2.75) is 32.6 Å². The molecule has 0 spiro atoms. The highest BCUT2D eigenvalue weighted by atomic mass is 32.2. The van der Waals surface area contributed by atoms with Gasteiger partial charge in [-0.05, 0) is 80.3 Å². The average molecular weight is 409 g/mol. The zero-order valence-electron chi connectivity index (χ0n) is 16.9. The van der Waals surface area contributed by atoms with Gasteiger partial charge in [0.05, 0.1) is 10.6 Å². The summed E-state index contributed by atoms with van der Waals surface area (Å²) in [6.45, 7) is 7.59. The third kappa shape index (κ3) is 4.84. The molecule has 2 N–H and O–H groups in total. The van der Waals surface area contributed by atoms with Crippen LogP contribution in [0, 0.1) is 27.7 Å². The third-order valence-corrected chi connectivity index (χ3v) is 6.05. The molecule has 6 heteroatoms. The molecule has 0 radical (unpaired) electrons. The van der Waals surface area contributed by atoms with Crippen LogP contribution in [0.5, 0.6) is 0 Å². The molecule has 3 rings (SSSR count). The van der Waals surface area contributed by atoms with Gasteiger partial charge in [-0.25, -0.2) is 8.42 Å². The van der Waals surface area contributed by atoms with Gasteiger partial charge in [0, 0.05) is 11.3 Å². The van der Waals surface area contributed by atoms with E-state index < -0.39 is 10.0 Å². The second kappa shape index (κ2) is 8.09. The van der Waals surface area contributed by atoms with Crippen LogP contribution in [0.2, 0.25) is 0 Å². The number of hydrogen-bond donors (Lipinski definition) is 2. The molecule has 0 aliphatic carbocycles. The van der Waals surface area contributed by atoms with Gasteiger partial charge < -0.3 is 5.32 Å². The van der Waals surface area contributed by atoms with Crippen molar-refractivity contribution in [2.75, 3.05) is 10.0 Å². The molecular formula is C23H24N2O3S. The molecule has 150 valence electrons. The first-order valence-corrected chi connectivity index (χ1v) is 10.7. The SMILES string of the molecule is Cc1ccc(C)c(NC(=O)c2cccc(S(=O)(=O)Nc3cc(C)ccc3C)c2)c1. The Morgan fingerprint density at radius 3 is 2.00 bits per heavy atom. The van der Waals surface area contributed by atoms with Crippen molar-refractivity contribution in [1.82, 2.24) is 0 Å². The fourth-order valence-corrected chi connectivity index (χ4v) is 4.09. The Labute approximate surface area is 171 Å². The van der Waals surface area contributed by atoms with E-state index in [2.05, 4.69) is 10.0 Å². The van der Waals surface area contributed by atoms with Crippen LogP contribution in [0.3, 0.4) is 0 Å². The van der Waals surface area contributed by atoms with E-state index >= 15 is 0 Å². The Hall–Kier alpha value is -3.12. The number of nitrogens with one attached hydrogen (secondary N) is 2.